The number of halogens is 1. The number of nitrogens with zero attached hydrogens (tertiary/aromatic N) is 6. The van der Waals surface area contributed by atoms with Crippen LogP contribution < -0.4 is 5.32 Å². The molecule has 0 atom stereocenters. The summed E-state index contributed by atoms with van der Waals surface area (Å²) in [5.74, 6) is -0.788. The van der Waals surface area contributed by atoms with Gasteiger partial charge in [-0.2, -0.15) is 5.10 Å². The van der Waals surface area contributed by atoms with E-state index in [9.17, 15) is 9.18 Å². The Bertz CT molecular complexity index is 1380. The zero-order valence-corrected chi connectivity index (χ0v) is 16.8. The highest BCUT2D eigenvalue weighted by atomic mass is 32.1. The number of carbonyl (C=O) groups excluding carboxylic acids is 1. The lowest BCUT2D eigenvalue weighted by atomic mass is 10.2. The van der Waals surface area contributed by atoms with Crippen LogP contribution in [-0.2, 0) is 6.54 Å². The summed E-state index contributed by atoms with van der Waals surface area (Å²) in [7, 11) is 0. The number of hydrogen-bond acceptors (Lipinski definition) is 7. The second kappa shape index (κ2) is 8.00. The topological polar surface area (TPSA) is 98.5 Å². The van der Waals surface area contributed by atoms with E-state index in [1.807, 2.05) is 6.07 Å². The lowest BCUT2D eigenvalue weighted by molar-refractivity contribution is 0.102. The average molecular weight is 431 g/mol. The van der Waals surface area contributed by atoms with Crippen LogP contribution in [0.15, 0.2) is 67.1 Å². The molecule has 0 aliphatic rings. The smallest absolute Gasteiger partial charge is 0.278 e. The maximum absolute atomic E-state index is 14.1. The first-order valence-electron chi connectivity index (χ1n) is 9.29. The zero-order chi connectivity index (χ0) is 21.2. The Morgan fingerprint density at radius 2 is 1.94 bits per heavy atom. The number of anilines is 1. The highest BCUT2D eigenvalue weighted by Gasteiger charge is 2.20. The Balaban J connectivity index is 1.44. The lowest BCUT2D eigenvalue weighted by Crippen LogP contribution is -2.14. The summed E-state index contributed by atoms with van der Waals surface area (Å²) in [4.78, 5) is 21.3. The van der Waals surface area contributed by atoms with Crippen molar-refractivity contribution in [2.24, 2.45) is 0 Å². The summed E-state index contributed by atoms with van der Waals surface area (Å²) in [6.07, 6.45) is 4.95. The molecule has 1 amide bonds. The summed E-state index contributed by atoms with van der Waals surface area (Å²) in [6, 6.07) is 13.6. The number of hydrogen-bond donors (Lipinski definition) is 1. The van der Waals surface area contributed by atoms with Crippen molar-refractivity contribution in [3.8, 4) is 10.6 Å². The molecular formula is C21H14FN7OS. The second-order valence-electron chi connectivity index (χ2n) is 6.58. The van der Waals surface area contributed by atoms with Crippen LogP contribution in [0.2, 0.25) is 0 Å². The molecule has 31 heavy (non-hydrogen) atoms. The Kier molecular flexibility index (Phi) is 4.89. The van der Waals surface area contributed by atoms with Crippen molar-refractivity contribution in [3.05, 3.63) is 84.2 Å². The van der Waals surface area contributed by atoms with E-state index in [1.54, 1.807) is 55.0 Å². The SMILES string of the molecule is O=C(Nc1nnc(-c2cccnc2)s1)c1nn(Cc2ccccc2F)c2ncccc12. The highest BCUT2D eigenvalue weighted by molar-refractivity contribution is 7.18. The molecule has 0 fully saturated rings. The third-order valence-corrected chi connectivity index (χ3v) is 5.44. The summed E-state index contributed by atoms with van der Waals surface area (Å²) >= 11 is 1.23. The molecule has 8 nitrogen and oxygen atoms in total. The summed E-state index contributed by atoms with van der Waals surface area (Å²) < 4.78 is 15.6. The van der Waals surface area contributed by atoms with Crippen molar-refractivity contribution in [2.45, 2.75) is 6.54 Å². The van der Waals surface area contributed by atoms with Crippen molar-refractivity contribution < 1.29 is 9.18 Å². The fourth-order valence-corrected chi connectivity index (χ4v) is 3.84. The van der Waals surface area contributed by atoms with Gasteiger partial charge in [0, 0.05) is 29.7 Å². The molecule has 5 aromatic rings. The normalized spacial score (nSPS) is 11.0. The number of nitrogens with one attached hydrogen (secondary N) is 1. The van der Waals surface area contributed by atoms with E-state index in [0.717, 1.165) is 5.56 Å². The molecule has 10 heteroatoms. The molecule has 0 aliphatic carbocycles. The molecular weight excluding hydrogens is 417 g/mol. The Hall–Kier alpha value is -4.05. The third kappa shape index (κ3) is 3.76. The minimum Gasteiger partial charge on any atom is -0.295 e. The van der Waals surface area contributed by atoms with E-state index in [4.69, 9.17) is 0 Å². The standard InChI is InChI=1S/C21H14FN7OS/c22-16-8-2-1-5-14(16)12-29-18-15(7-4-10-24-18)17(28-29)19(30)25-21-27-26-20(31-21)13-6-3-9-23-11-13/h1-11H,12H2,(H,25,27,30). The largest absolute Gasteiger partial charge is 0.295 e. The number of aromatic nitrogens is 6. The predicted molar refractivity (Wildman–Crippen MR) is 114 cm³/mol. The van der Waals surface area contributed by atoms with E-state index in [2.05, 4.69) is 30.6 Å². The summed E-state index contributed by atoms with van der Waals surface area (Å²) in [6.45, 7) is 0.150. The molecule has 0 aliphatic heterocycles. The number of fused-ring (bicyclic) bond motifs is 1. The van der Waals surface area contributed by atoms with Crippen molar-refractivity contribution in [2.75, 3.05) is 5.32 Å². The molecule has 0 saturated heterocycles. The van der Waals surface area contributed by atoms with Crippen LogP contribution in [0.3, 0.4) is 0 Å². The first-order valence-corrected chi connectivity index (χ1v) is 10.1. The number of rotatable bonds is 5. The molecule has 4 heterocycles. The molecule has 1 N–H and O–H groups in total. The van der Waals surface area contributed by atoms with Gasteiger partial charge in [-0.1, -0.05) is 29.5 Å². The monoisotopic (exact) mass is 431 g/mol. The van der Waals surface area contributed by atoms with Crippen LogP contribution in [0.4, 0.5) is 9.52 Å². The highest BCUT2D eigenvalue weighted by Crippen LogP contribution is 2.26. The molecule has 0 bridgehead atoms. The van der Waals surface area contributed by atoms with Gasteiger partial charge in [0.15, 0.2) is 16.3 Å². The number of pyridine rings is 2. The second-order valence-corrected chi connectivity index (χ2v) is 7.56. The molecule has 4 aromatic heterocycles. The van der Waals surface area contributed by atoms with Gasteiger partial charge < -0.3 is 0 Å². The number of carbonyl (C=O) groups is 1. The van der Waals surface area contributed by atoms with Gasteiger partial charge in [0.1, 0.15) is 5.82 Å². The van der Waals surface area contributed by atoms with Gasteiger partial charge in [-0.15, -0.1) is 10.2 Å². The first kappa shape index (κ1) is 18.9. The zero-order valence-electron chi connectivity index (χ0n) is 15.9. The van der Waals surface area contributed by atoms with Gasteiger partial charge in [0.25, 0.3) is 5.91 Å². The fourth-order valence-electron chi connectivity index (χ4n) is 3.11. The van der Waals surface area contributed by atoms with Crippen molar-refractivity contribution in [1.82, 2.24) is 29.9 Å². The summed E-state index contributed by atoms with van der Waals surface area (Å²) in [5.41, 5.74) is 1.93. The van der Waals surface area contributed by atoms with E-state index < -0.39 is 5.91 Å². The molecule has 0 saturated carbocycles. The van der Waals surface area contributed by atoms with Crippen LogP contribution in [0.5, 0.6) is 0 Å². The Labute approximate surface area is 179 Å². The minimum absolute atomic E-state index is 0.150. The third-order valence-electron chi connectivity index (χ3n) is 4.55. The van der Waals surface area contributed by atoms with Crippen molar-refractivity contribution in [3.63, 3.8) is 0 Å². The van der Waals surface area contributed by atoms with Gasteiger partial charge in [0.05, 0.1) is 11.9 Å². The molecule has 1 aromatic carbocycles. The van der Waals surface area contributed by atoms with E-state index in [-0.39, 0.29) is 18.1 Å². The van der Waals surface area contributed by atoms with Crippen LogP contribution in [0.25, 0.3) is 21.6 Å². The molecule has 0 radical (unpaired) electrons. The van der Waals surface area contributed by atoms with Gasteiger partial charge in [-0.05, 0) is 30.3 Å². The summed E-state index contributed by atoms with van der Waals surface area (Å²) in [5, 5.41) is 16.8. The maximum atomic E-state index is 14.1. The Morgan fingerprint density at radius 3 is 2.77 bits per heavy atom. The van der Waals surface area contributed by atoms with Crippen LogP contribution in [0, 0.1) is 5.82 Å². The number of benzene rings is 1. The van der Waals surface area contributed by atoms with Crippen LogP contribution in [-0.4, -0.2) is 35.9 Å². The van der Waals surface area contributed by atoms with E-state index in [1.165, 1.54) is 22.1 Å². The molecule has 5 rings (SSSR count). The van der Waals surface area contributed by atoms with Crippen LogP contribution >= 0.6 is 11.3 Å². The fraction of sp³-hybridized carbons (Fsp3) is 0.0476. The van der Waals surface area contributed by atoms with Crippen molar-refractivity contribution in [1.29, 1.82) is 0 Å². The van der Waals surface area contributed by atoms with Crippen molar-refractivity contribution >= 4 is 33.4 Å². The first-order chi connectivity index (χ1) is 15.2. The number of amides is 1. The van der Waals surface area contributed by atoms with Gasteiger partial charge in [0.2, 0.25) is 5.13 Å². The molecule has 0 spiro atoms. The molecule has 0 unspecified atom stereocenters. The molecule has 152 valence electrons. The predicted octanol–water partition coefficient (Wildman–Crippen LogP) is 3.78. The van der Waals surface area contributed by atoms with Crippen LogP contribution in [0.1, 0.15) is 16.1 Å². The maximum Gasteiger partial charge on any atom is 0.278 e. The van der Waals surface area contributed by atoms with E-state index in [0.29, 0.717) is 26.7 Å². The average Bonchev–Trinajstić information content (AvgIpc) is 3.41. The van der Waals surface area contributed by atoms with Gasteiger partial charge in [-0.3, -0.25) is 15.1 Å². The van der Waals surface area contributed by atoms with Gasteiger partial charge in [-0.25, -0.2) is 14.1 Å². The lowest BCUT2D eigenvalue weighted by Gasteiger charge is -2.04. The minimum atomic E-state index is -0.445. The quantitative estimate of drug-likeness (QED) is 0.455. The van der Waals surface area contributed by atoms with Gasteiger partial charge >= 0.3 is 0 Å². The van der Waals surface area contributed by atoms with E-state index >= 15 is 0 Å². The Morgan fingerprint density at radius 1 is 1.06 bits per heavy atom.